The lowest BCUT2D eigenvalue weighted by atomic mass is 10.1. The van der Waals surface area contributed by atoms with E-state index in [0.29, 0.717) is 25.3 Å². The van der Waals surface area contributed by atoms with Gasteiger partial charge in [-0.3, -0.25) is 14.2 Å². The van der Waals surface area contributed by atoms with Gasteiger partial charge in [0.15, 0.2) is 0 Å². The van der Waals surface area contributed by atoms with Crippen LogP contribution in [0.25, 0.3) is 11.0 Å². The molecule has 5 heteroatoms. The van der Waals surface area contributed by atoms with Gasteiger partial charge in [0.1, 0.15) is 11.2 Å². The van der Waals surface area contributed by atoms with Gasteiger partial charge in [0.25, 0.3) is 11.5 Å². The van der Waals surface area contributed by atoms with Crippen LogP contribution in [0.2, 0.25) is 0 Å². The van der Waals surface area contributed by atoms with Crippen LogP contribution in [-0.2, 0) is 13.1 Å². The largest absolute Gasteiger partial charge is 0.334 e. The summed E-state index contributed by atoms with van der Waals surface area (Å²) in [6.45, 7) is 3.54. The van der Waals surface area contributed by atoms with E-state index in [1.165, 1.54) is 0 Å². The SMILES string of the molecule is CCCCN(Cc1ccccc1)C(=O)c1cc2cccnc2n(Cc2ccccc2)c1=O. The van der Waals surface area contributed by atoms with E-state index in [0.717, 1.165) is 29.4 Å². The Morgan fingerprint density at radius 3 is 2.31 bits per heavy atom. The predicted octanol–water partition coefficient (Wildman–Crippen LogP) is 4.89. The monoisotopic (exact) mass is 425 g/mol. The molecule has 4 rings (SSSR count). The van der Waals surface area contributed by atoms with Crippen LogP contribution in [0.1, 0.15) is 41.3 Å². The number of rotatable bonds is 8. The maximum atomic E-state index is 13.6. The van der Waals surface area contributed by atoms with Gasteiger partial charge < -0.3 is 4.90 Å². The molecule has 32 heavy (non-hydrogen) atoms. The molecule has 0 saturated carbocycles. The summed E-state index contributed by atoms with van der Waals surface area (Å²) in [7, 11) is 0. The van der Waals surface area contributed by atoms with Crippen molar-refractivity contribution < 1.29 is 4.79 Å². The van der Waals surface area contributed by atoms with Gasteiger partial charge >= 0.3 is 0 Å². The molecule has 0 bridgehead atoms. The highest BCUT2D eigenvalue weighted by Crippen LogP contribution is 2.16. The second kappa shape index (κ2) is 10.1. The third-order valence-electron chi connectivity index (χ3n) is 5.55. The Labute approximate surface area is 188 Å². The van der Waals surface area contributed by atoms with Crippen LogP contribution < -0.4 is 5.56 Å². The van der Waals surface area contributed by atoms with Gasteiger partial charge in [0.2, 0.25) is 0 Å². The molecule has 2 aromatic heterocycles. The first-order valence-corrected chi connectivity index (χ1v) is 11.0. The number of benzene rings is 2. The maximum Gasteiger partial charge on any atom is 0.265 e. The molecule has 2 aromatic carbocycles. The average Bonchev–Trinajstić information content (AvgIpc) is 2.84. The highest BCUT2D eigenvalue weighted by Gasteiger charge is 2.22. The third kappa shape index (κ3) is 4.78. The summed E-state index contributed by atoms with van der Waals surface area (Å²) >= 11 is 0. The van der Waals surface area contributed by atoms with Crippen LogP contribution in [0.5, 0.6) is 0 Å². The summed E-state index contributed by atoms with van der Waals surface area (Å²) in [5, 5.41) is 0.779. The molecule has 0 radical (unpaired) electrons. The molecule has 0 N–H and O–H groups in total. The van der Waals surface area contributed by atoms with Crippen molar-refractivity contribution in [3.8, 4) is 0 Å². The zero-order valence-corrected chi connectivity index (χ0v) is 18.3. The van der Waals surface area contributed by atoms with Crippen molar-refractivity contribution >= 4 is 16.9 Å². The highest BCUT2D eigenvalue weighted by atomic mass is 16.2. The minimum Gasteiger partial charge on any atom is -0.334 e. The molecule has 0 saturated heterocycles. The van der Waals surface area contributed by atoms with E-state index in [9.17, 15) is 9.59 Å². The topological polar surface area (TPSA) is 55.2 Å². The van der Waals surface area contributed by atoms with E-state index < -0.39 is 0 Å². The minimum atomic E-state index is -0.306. The van der Waals surface area contributed by atoms with Crippen LogP contribution in [0, 0.1) is 0 Å². The van der Waals surface area contributed by atoms with Crippen molar-refractivity contribution in [1.29, 1.82) is 0 Å². The zero-order valence-electron chi connectivity index (χ0n) is 18.3. The smallest absolute Gasteiger partial charge is 0.265 e. The van der Waals surface area contributed by atoms with Crippen molar-refractivity contribution in [1.82, 2.24) is 14.5 Å². The molecular formula is C27H27N3O2. The van der Waals surface area contributed by atoms with E-state index in [2.05, 4.69) is 11.9 Å². The molecule has 0 atom stereocenters. The Hall–Kier alpha value is -3.73. The molecule has 1 amide bonds. The van der Waals surface area contributed by atoms with E-state index in [1.54, 1.807) is 21.7 Å². The van der Waals surface area contributed by atoms with Gasteiger partial charge in [-0.15, -0.1) is 0 Å². The fraction of sp³-hybridized carbons (Fsp3) is 0.222. The maximum absolute atomic E-state index is 13.6. The van der Waals surface area contributed by atoms with E-state index in [1.807, 2.05) is 72.8 Å². The number of unbranched alkanes of at least 4 members (excludes halogenated alkanes) is 1. The van der Waals surface area contributed by atoms with Crippen molar-refractivity contribution in [2.75, 3.05) is 6.54 Å². The van der Waals surface area contributed by atoms with Crippen LogP contribution in [-0.4, -0.2) is 26.9 Å². The fourth-order valence-electron chi connectivity index (χ4n) is 3.85. The normalized spacial score (nSPS) is 10.9. The van der Waals surface area contributed by atoms with Crippen molar-refractivity contribution in [2.45, 2.75) is 32.9 Å². The number of fused-ring (bicyclic) bond motifs is 1. The number of amides is 1. The lowest BCUT2D eigenvalue weighted by molar-refractivity contribution is 0.0738. The highest BCUT2D eigenvalue weighted by molar-refractivity contribution is 5.97. The molecule has 2 heterocycles. The zero-order chi connectivity index (χ0) is 22.3. The minimum absolute atomic E-state index is 0.188. The van der Waals surface area contributed by atoms with Gasteiger partial charge in [-0.2, -0.15) is 0 Å². The molecular weight excluding hydrogens is 398 g/mol. The van der Waals surface area contributed by atoms with Crippen LogP contribution >= 0.6 is 0 Å². The summed E-state index contributed by atoms with van der Waals surface area (Å²) in [5.41, 5.74) is 2.50. The van der Waals surface area contributed by atoms with Gasteiger partial charge in [0, 0.05) is 24.7 Å². The summed E-state index contributed by atoms with van der Waals surface area (Å²) in [4.78, 5) is 33.4. The predicted molar refractivity (Wildman–Crippen MR) is 128 cm³/mol. The lowest BCUT2D eigenvalue weighted by Gasteiger charge is -2.23. The summed E-state index contributed by atoms with van der Waals surface area (Å²) in [5.74, 6) is -0.236. The molecule has 0 unspecified atom stereocenters. The van der Waals surface area contributed by atoms with Crippen molar-refractivity contribution in [3.05, 3.63) is 112 Å². The molecule has 162 valence electrons. The second-order valence-electron chi connectivity index (χ2n) is 7.92. The second-order valence-corrected chi connectivity index (χ2v) is 7.92. The number of hydrogen-bond acceptors (Lipinski definition) is 3. The summed E-state index contributed by atoms with van der Waals surface area (Å²) in [6.07, 6.45) is 3.53. The van der Waals surface area contributed by atoms with E-state index >= 15 is 0 Å². The Kier molecular flexibility index (Phi) is 6.75. The van der Waals surface area contributed by atoms with Gasteiger partial charge in [0.05, 0.1) is 6.54 Å². The van der Waals surface area contributed by atoms with Gasteiger partial charge in [-0.25, -0.2) is 4.98 Å². The summed E-state index contributed by atoms with van der Waals surface area (Å²) < 4.78 is 1.61. The van der Waals surface area contributed by atoms with E-state index in [4.69, 9.17) is 0 Å². The standard InChI is InChI=1S/C27H27N3O2/c1-2-3-17-29(19-21-11-6-4-7-12-21)26(31)24-18-23-15-10-16-28-25(23)30(27(24)32)20-22-13-8-5-9-14-22/h4-16,18H,2-3,17,19-20H2,1H3. The number of carbonyl (C=O) groups is 1. The Bertz CT molecular complexity index is 1250. The summed E-state index contributed by atoms with van der Waals surface area (Å²) in [6, 6.07) is 25.1. The van der Waals surface area contributed by atoms with Crippen molar-refractivity contribution in [3.63, 3.8) is 0 Å². The number of hydrogen-bond donors (Lipinski definition) is 0. The Morgan fingerprint density at radius 1 is 0.938 bits per heavy atom. The number of pyridine rings is 2. The first-order chi connectivity index (χ1) is 15.7. The van der Waals surface area contributed by atoms with E-state index in [-0.39, 0.29) is 17.0 Å². The average molecular weight is 426 g/mol. The molecule has 0 aliphatic heterocycles. The van der Waals surface area contributed by atoms with Crippen LogP contribution in [0.3, 0.4) is 0 Å². The first-order valence-electron chi connectivity index (χ1n) is 11.0. The first kappa shape index (κ1) is 21.5. The van der Waals surface area contributed by atoms with Crippen LogP contribution in [0.4, 0.5) is 0 Å². The quantitative estimate of drug-likeness (QED) is 0.404. The Balaban J connectivity index is 1.77. The molecule has 0 fully saturated rings. The number of carbonyl (C=O) groups excluding carboxylic acids is 1. The number of nitrogens with zero attached hydrogens (tertiary/aromatic N) is 3. The number of aromatic nitrogens is 2. The van der Waals surface area contributed by atoms with Crippen LogP contribution in [0.15, 0.2) is 89.9 Å². The molecule has 0 spiro atoms. The fourth-order valence-corrected chi connectivity index (χ4v) is 3.85. The van der Waals surface area contributed by atoms with Gasteiger partial charge in [-0.1, -0.05) is 74.0 Å². The third-order valence-corrected chi connectivity index (χ3v) is 5.55. The molecule has 5 nitrogen and oxygen atoms in total. The lowest BCUT2D eigenvalue weighted by Crippen LogP contribution is -2.37. The molecule has 0 aliphatic carbocycles. The van der Waals surface area contributed by atoms with Gasteiger partial charge in [-0.05, 0) is 35.7 Å². The van der Waals surface area contributed by atoms with Crippen molar-refractivity contribution in [2.24, 2.45) is 0 Å². The Morgan fingerprint density at radius 2 is 1.62 bits per heavy atom. The molecule has 0 aliphatic rings. The molecule has 4 aromatic rings.